The number of fused-ring (bicyclic) bond motifs is 4. The molecule has 248 valence electrons. The van der Waals surface area contributed by atoms with E-state index < -0.39 is 0 Å². The minimum atomic E-state index is 0.586. The highest BCUT2D eigenvalue weighted by molar-refractivity contribution is 6.13. The molecule has 4 nitrogen and oxygen atoms in total. The number of hydrogen-bond donors (Lipinski definition) is 0. The Labute approximate surface area is 306 Å². The zero-order valence-corrected chi connectivity index (χ0v) is 28.6. The fourth-order valence-corrected chi connectivity index (χ4v) is 7.40. The third-order valence-corrected chi connectivity index (χ3v) is 9.97. The van der Waals surface area contributed by atoms with Gasteiger partial charge in [-0.15, -0.1) is 0 Å². The fraction of sp³-hybridized carbons (Fsp3) is 0. The number of benzene rings is 8. The predicted molar refractivity (Wildman–Crippen MR) is 217 cm³/mol. The van der Waals surface area contributed by atoms with Crippen LogP contribution in [-0.2, 0) is 0 Å². The van der Waals surface area contributed by atoms with Crippen LogP contribution < -0.4 is 0 Å². The molecular weight excluding hydrogens is 647 g/mol. The van der Waals surface area contributed by atoms with Gasteiger partial charge in [0, 0.05) is 27.5 Å². The molecule has 0 aliphatic heterocycles. The van der Waals surface area contributed by atoms with Crippen LogP contribution in [-0.4, -0.2) is 15.0 Å². The Morgan fingerprint density at radius 1 is 0.302 bits per heavy atom. The molecule has 0 radical (unpaired) electrons. The molecule has 0 amide bonds. The zero-order valence-electron chi connectivity index (χ0n) is 28.6. The van der Waals surface area contributed by atoms with Crippen LogP contribution in [0, 0.1) is 0 Å². The van der Waals surface area contributed by atoms with Crippen molar-refractivity contribution in [3.05, 3.63) is 188 Å². The van der Waals surface area contributed by atoms with Crippen LogP contribution in [0.3, 0.4) is 0 Å². The molecule has 0 fully saturated rings. The van der Waals surface area contributed by atoms with E-state index in [0.29, 0.717) is 17.5 Å². The summed E-state index contributed by atoms with van der Waals surface area (Å²) in [5.41, 5.74) is 11.2. The summed E-state index contributed by atoms with van der Waals surface area (Å²) >= 11 is 0. The Hall–Kier alpha value is -7.17. The maximum Gasteiger partial charge on any atom is 0.164 e. The Kier molecular flexibility index (Phi) is 7.43. The van der Waals surface area contributed by atoms with Crippen molar-refractivity contribution in [1.29, 1.82) is 0 Å². The van der Waals surface area contributed by atoms with Gasteiger partial charge in [-0.05, 0) is 62.4 Å². The lowest BCUT2D eigenvalue weighted by Gasteiger charge is -2.12. The molecule has 0 N–H and O–H groups in total. The summed E-state index contributed by atoms with van der Waals surface area (Å²) < 4.78 is 6.55. The minimum Gasteiger partial charge on any atom is -0.456 e. The van der Waals surface area contributed by atoms with E-state index in [1.807, 2.05) is 48.5 Å². The molecule has 10 aromatic rings. The van der Waals surface area contributed by atoms with Crippen LogP contribution in [0.5, 0.6) is 0 Å². The third kappa shape index (κ3) is 5.54. The second-order valence-electron chi connectivity index (χ2n) is 13.2. The lowest BCUT2D eigenvalue weighted by Crippen LogP contribution is -2.01. The summed E-state index contributed by atoms with van der Waals surface area (Å²) in [7, 11) is 0. The van der Waals surface area contributed by atoms with Gasteiger partial charge in [-0.2, -0.15) is 0 Å². The molecule has 8 aromatic carbocycles. The van der Waals surface area contributed by atoms with E-state index in [9.17, 15) is 0 Å². The van der Waals surface area contributed by atoms with Crippen LogP contribution in [0.1, 0.15) is 0 Å². The molecule has 0 bridgehead atoms. The molecule has 0 aliphatic carbocycles. The number of hydrogen-bond acceptors (Lipinski definition) is 4. The SMILES string of the molecule is c1ccc(-c2nc(-c3ccc4c(c3)oc3cccc(-c5ccc(-c6cccc7ccccc67)cc5)c34)nc(-c3ccccc3-c3ccccc3)n2)cc1. The van der Waals surface area contributed by atoms with Crippen molar-refractivity contribution in [3.8, 4) is 67.5 Å². The van der Waals surface area contributed by atoms with E-state index >= 15 is 0 Å². The molecule has 10 rings (SSSR count). The predicted octanol–water partition coefficient (Wildman–Crippen LogP) is 12.9. The molecule has 0 spiro atoms. The highest BCUT2D eigenvalue weighted by atomic mass is 16.3. The Morgan fingerprint density at radius 2 is 0.830 bits per heavy atom. The standard InChI is InChI=1S/C49H31N3O/c1-3-13-32(14-4-1)40-20-9-10-21-42(40)49-51-47(36-16-5-2-6-17-36)50-48(52-49)37-29-30-43-45(31-37)53-44-24-12-23-41(46(43)44)35-27-25-34(26-28-35)39-22-11-18-33-15-7-8-19-38(33)39/h1-31H. The van der Waals surface area contributed by atoms with Crippen molar-refractivity contribution in [2.24, 2.45) is 0 Å². The average molecular weight is 678 g/mol. The van der Waals surface area contributed by atoms with Crippen LogP contribution in [0.2, 0.25) is 0 Å². The smallest absolute Gasteiger partial charge is 0.164 e. The van der Waals surface area contributed by atoms with Gasteiger partial charge in [-0.25, -0.2) is 15.0 Å². The largest absolute Gasteiger partial charge is 0.456 e. The lowest BCUT2D eigenvalue weighted by atomic mass is 9.94. The Bertz CT molecular complexity index is 2930. The van der Waals surface area contributed by atoms with Gasteiger partial charge in [0.15, 0.2) is 17.5 Å². The highest BCUT2D eigenvalue weighted by Gasteiger charge is 2.18. The molecular formula is C49H31N3O. The van der Waals surface area contributed by atoms with Gasteiger partial charge in [0.25, 0.3) is 0 Å². The second kappa shape index (κ2) is 12.9. The van der Waals surface area contributed by atoms with Crippen molar-refractivity contribution in [2.75, 3.05) is 0 Å². The molecule has 0 aliphatic rings. The van der Waals surface area contributed by atoms with Gasteiger partial charge in [-0.1, -0.05) is 170 Å². The summed E-state index contributed by atoms with van der Waals surface area (Å²) in [5, 5.41) is 4.63. The molecule has 2 aromatic heterocycles. The van der Waals surface area contributed by atoms with E-state index in [4.69, 9.17) is 19.4 Å². The van der Waals surface area contributed by atoms with Gasteiger partial charge in [-0.3, -0.25) is 0 Å². The average Bonchev–Trinajstić information content (AvgIpc) is 3.62. The van der Waals surface area contributed by atoms with Gasteiger partial charge in [0.05, 0.1) is 0 Å². The van der Waals surface area contributed by atoms with Crippen molar-refractivity contribution >= 4 is 32.7 Å². The monoisotopic (exact) mass is 677 g/mol. The lowest BCUT2D eigenvalue weighted by molar-refractivity contribution is 0.669. The molecule has 0 atom stereocenters. The zero-order chi connectivity index (χ0) is 35.1. The normalized spacial score (nSPS) is 11.4. The summed E-state index contributed by atoms with van der Waals surface area (Å²) in [4.78, 5) is 15.1. The van der Waals surface area contributed by atoms with Gasteiger partial charge in [0.2, 0.25) is 0 Å². The van der Waals surface area contributed by atoms with E-state index in [-0.39, 0.29) is 0 Å². The Balaban J connectivity index is 1.08. The topological polar surface area (TPSA) is 51.8 Å². The Morgan fingerprint density at radius 3 is 1.62 bits per heavy atom. The fourth-order valence-electron chi connectivity index (χ4n) is 7.40. The highest BCUT2D eigenvalue weighted by Crippen LogP contribution is 2.40. The maximum absolute atomic E-state index is 6.55. The second-order valence-corrected chi connectivity index (χ2v) is 13.2. The number of aromatic nitrogens is 3. The number of furan rings is 1. The van der Waals surface area contributed by atoms with E-state index in [1.165, 1.54) is 21.9 Å². The van der Waals surface area contributed by atoms with Crippen LogP contribution in [0.4, 0.5) is 0 Å². The summed E-state index contributed by atoms with van der Waals surface area (Å²) in [6.07, 6.45) is 0. The van der Waals surface area contributed by atoms with Crippen molar-refractivity contribution in [1.82, 2.24) is 15.0 Å². The van der Waals surface area contributed by atoms with Gasteiger partial charge >= 0.3 is 0 Å². The third-order valence-electron chi connectivity index (χ3n) is 9.97. The quantitative estimate of drug-likeness (QED) is 0.176. The van der Waals surface area contributed by atoms with E-state index in [2.05, 4.69) is 140 Å². The number of rotatable bonds is 6. The van der Waals surface area contributed by atoms with Crippen LogP contribution in [0.25, 0.3) is 100 Å². The maximum atomic E-state index is 6.55. The van der Waals surface area contributed by atoms with Gasteiger partial charge < -0.3 is 4.42 Å². The van der Waals surface area contributed by atoms with Gasteiger partial charge in [0.1, 0.15) is 11.2 Å². The molecule has 4 heteroatoms. The van der Waals surface area contributed by atoms with Crippen molar-refractivity contribution < 1.29 is 4.42 Å². The molecule has 2 heterocycles. The number of nitrogens with zero attached hydrogens (tertiary/aromatic N) is 3. The molecule has 0 unspecified atom stereocenters. The van der Waals surface area contributed by atoms with Crippen molar-refractivity contribution in [3.63, 3.8) is 0 Å². The summed E-state index contributed by atoms with van der Waals surface area (Å²) in [6, 6.07) is 65.1. The van der Waals surface area contributed by atoms with Crippen LogP contribution >= 0.6 is 0 Å². The van der Waals surface area contributed by atoms with Crippen LogP contribution in [0.15, 0.2) is 192 Å². The first-order chi connectivity index (χ1) is 26.3. The summed E-state index contributed by atoms with van der Waals surface area (Å²) in [6.45, 7) is 0. The van der Waals surface area contributed by atoms with E-state index in [1.54, 1.807) is 0 Å². The van der Waals surface area contributed by atoms with Crippen molar-refractivity contribution in [2.45, 2.75) is 0 Å². The minimum absolute atomic E-state index is 0.586. The molecule has 0 saturated carbocycles. The first kappa shape index (κ1) is 30.6. The first-order valence-corrected chi connectivity index (χ1v) is 17.8. The molecule has 0 saturated heterocycles. The summed E-state index contributed by atoms with van der Waals surface area (Å²) in [5.74, 6) is 1.82. The molecule has 53 heavy (non-hydrogen) atoms. The first-order valence-electron chi connectivity index (χ1n) is 17.8. The van der Waals surface area contributed by atoms with E-state index in [0.717, 1.165) is 60.9 Å².